The highest BCUT2D eigenvalue weighted by molar-refractivity contribution is 5.97. The maximum absolute atomic E-state index is 14.8. The molecule has 0 unspecified atom stereocenters. The standard InChI is InChI=1S/C35H38N6O5/c36-33(38-45)27-15-7-13-25(17-27)21-40-29(19-23-9-3-1-4-10-23)31(42)32(43)30(20-24-11-5-2-6-12-24)41(35(40)44)22-26-14-8-16-28(18-26)34(37)39-46/h1-18,29-32,42-43,45-46H,19-22H2,(H2,36,38)(H2,37,39)/t29-,30-,31+,32+/m1/s1. The maximum atomic E-state index is 14.8. The molecule has 0 bridgehead atoms. The minimum atomic E-state index is -1.31. The first-order valence-electron chi connectivity index (χ1n) is 14.9. The van der Waals surface area contributed by atoms with Gasteiger partial charge >= 0.3 is 6.03 Å². The number of benzene rings is 4. The van der Waals surface area contributed by atoms with Gasteiger partial charge in [-0.05, 0) is 47.2 Å². The maximum Gasteiger partial charge on any atom is 0.321 e. The molecule has 46 heavy (non-hydrogen) atoms. The Bertz CT molecular complexity index is 1560. The third-order valence-electron chi connectivity index (χ3n) is 8.37. The Morgan fingerprint density at radius 1 is 0.587 bits per heavy atom. The minimum Gasteiger partial charge on any atom is -0.409 e. The van der Waals surface area contributed by atoms with Crippen LogP contribution in [0.25, 0.3) is 0 Å². The lowest BCUT2D eigenvalue weighted by atomic mass is 9.90. The van der Waals surface area contributed by atoms with Gasteiger partial charge in [-0.15, -0.1) is 0 Å². The quantitative estimate of drug-likeness (QED) is 0.0679. The number of nitrogens with two attached hydrogens (primary N) is 2. The monoisotopic (exact) mass is 622 g/mol. The number of nitrogens with zero attached hydrogens (tertiary/aromatic N) is 4. The van der Waals surface area contributed by atoms with Crippen LogP contribution in [0.3, 0.4) is 0 Å². The molecule has 4 atom stereocenters. The average molecular weight is 623 g/mol. The molecule has 0 spiro atoms. The van der Waals surface area contributed by atoms with Gasteiger partial charge in [0.25, 0.3) is 0 Å². The molecule has 11 nitrogen and oxygen atoms in total. The van der Waals surface area contributed by atoms with Gasteiger partial charge in [0, 0.05) is 24.2 Å². The Hall–Kier alpha value is -5.39. The van der Waals surface area contributed by atoms with E-state index in [1.807, 2.05) is 72.8 Å². The van der Waals surface area contributed by atoms with Crippen LogP contribution in [0.1, 0.15) is 33.4 Å². The number of aliphatic hydroxyl groups is 2. The number of amides is 2. The second kappa shape index (κ2) is 14.6. The van der Waals surface area contributed by atoms with Gasteiger partial charge in [0.2, 0.25) is 0 Å². The van der Waals surface area contributed by atoms with E-state index >= 15 is 0 Å². The zero-order chi connectivity index (χ0) is 32.6. The Kier molecular flexibility index (Phi) is 10.2. The Morgan fingerprint density at radius 3 is 1.33 bits per heavy atom. The normalized spacial score (nSPS) is 20.9. The Morgan fingerprint density at radius 2 is 0.957 bits per heavy atom. The number of hydrogen-bond donors (Lipinski definition) is 6. The topological polar surface area (TPSA) is 181 Å². The third-order valence-corrected chi connectivity index (χ3v) is 8.37. The highest BCUT2D eigenvalue weighted by Crippen LogP contribution is 2.30. The molecular formula is C35H38N6O5. The van der Waals surface area contributed by atoms with Gasteiger partial charge in [-0.25, -0.2) is 4.79 Å². The molecule has 11 heteroatoms. The van der Waals surface area contributed by atoms with Crippen LogP contribution in [0.15, 0.2) is 120 Å². The van der Waals surface area contributed by atoms with Crippen LogP contribution in [0, 0.1) is 0 Å². The minimum absolute atomic E-state index is 0.0736. The fourth-order valence-electron chi connectivity index (χ4n) is 5.98. The second-order valence-electron chi connectivity index (χ2n) is 11.4. The van der Waals surface area contributed by atoms with E-state index in [-0.39, 0.29) is 43.6 Å². The van der Waals surface area contributed by atoms with Gasteiger partial charge in [-0.1, -0.05) is 107 Å². The predicted molar refractivity (Wildman–Crippen MR) is 174 cm³/mol. The van der Waals surface area contributed by atoms with Crippen LogP contribution < -0.4 is 11.5 Å². The molecular weight excluding hydrogens is 584 g/mol. The highest BCUT2D eigenvalue weighted by Gasteiger charge is 2.46. The van der Waals surface area contributed by atoms with Crippen molar-refractivity contribution in [3.05, 3.63) is 143 Å². The molecule has 1 fully saturated rings. The summed E-state index contributed by atoms with van der Waals surface area (Å²) in [6.45, 7) is 0.150. The number of amidine groups is 2. The number of hydrogen-bond acceptors (Lipinski definition) is 7. The molecule has 4 aromatic carbocycles. The van der Waals surface area contributed by atoms with E-state index in [1.54, 1.807) is 46.2 Å². The van der Waals surface area contributed by atoms with E-state index in [4.69, 9.17) is 11.5 Å². The van der Waals surface area contributed by atoms with Crippen molar-refractivity contribution < 1.29 is 25.4 Å². The van der Waals surface area contributed by atoms with Crippen molar-refractivity contribution in [2.45, 2.75) is 50.2 Å². The van der Waals surface area contributed by atoms with Gasteiger partial charge in [0.05, 0.1) is 12.1 Å². The van der Waals surface area contributed by atoms with Crippen molar-refractivity contribution in [3.63, 3.8) is 0 Å². The predicted octanol–water partition coefficient (Wildman–Crippen LogP) is 3.26. The van der Waals surface area contributed by atoms with E-state index in [9.17, 15) is 25.4 Å². The fourth-order valence-corrected chi connectivity index (χ4v) is 5.98. The van der Waals surface area contributed by atoms with Gasteiger partial charge in [-0.3, -0.25) is 0 Å². The zero-order valence-electron chi connectivity index (χ0n) is 25.2. The zero-order valence-corrected chi connectivity index (χ0v) is 25.2. The number of carbonyl (C=O) groups excluding carboxylic acids is 1. The summed E-state index contributed by atoms with van der Waals surface area (Å²) in [5.74, 6) is -0.147. The van der Waals surface area contributed by atoms with Gasteiger partial charge in [-0.2, -0.15) is 0 Å². The Labute approximate surface area is 267 Å². The molecule has 0 aromatic heterocycles. The van der Waals surface area contributed by atoms with Crippen molar-refractivity contribution in [2.24, 2.45) is 21.8 Å². The summed E-state index contributed by atoms with van der Waals surface area (Å²) in [7, 11) is 0. The number of aliphatic hydroxyl groups excluding tert-OH is 2. The number of urea groups is 1. The van der Waals surface area contributed by atoms with Crippen LogP contribution in [0.5, 0.6) is 0 Å². The number of rotatable bonds is 10. The van der Waals surface area contributed by atoms with Gasteiger partial charge in [0.15, 0.2) is 11.7 Å². The summed E-state index contributed by atoms with van der Waals surface area (Å²) in [6.07, 6.45) is -2.04. The number of carbonyl (C=O) groups is 1. The molecule has 1 heterocycles. The molecule has 2 amide bonds. The molecule has 8 N–H and O–H groups in total. The fraction of sp³-hybridized carbons (Fsp3) is 0.229. The van der Waals surface area contributed by atoms with E-state index in [2.05, 4.69) is 10.3 Å². The van der Waals surface area contributed by atoms with E-state index in [0.29, 0.717) is 22.3 Å². The van der Waals surface area contributed by atoms with Crippen molar-refractivity contribution in [3.8, 4) is 0 Å². The van der Waals surface area contributed by atoms with Crippen LogP contribution in [0.4, 0.5) is 4.79 Å². The number of oxime groups is 2. The Balaban J connectivity index is 1.61. The molecule has 0 radical (unpaired) electrons. The SMILES string of the molecule is NC(=NO)c1cccc(CN2C(=O)N(Cc3cccc(C(N)=NO)c3)[C@H](Cc3ccccc3)[C@H](O)[C@@H](O)[C@H]2Cc2ccccc2)c1. The average Bonchev–Trinajstić information content (AvgIpc) is 3.15. The molecule has 1 saturated heterocycles. The van der Waals surface area contributed by atoms with E-state index in [1.165, 1.54) is 0 Å². The van der Waals surface area contributed by atoms with Crippen molar-refractivity contribution >= 4 is 17.7 Å². The lowest BCUT2D eigenvalue weighted by Gasteiger charge is -2.36. The van der Waals surface area contributed by atoms with E-state index < -0.39 is 24.3 Å². The summed E-state index contributed by atoms with van der Waals surface area (Å²) < 4.78 is 0. The smallest absolute Gasteiger partial charge is 0.321 e. The summed E-state index contributed by atoms with van der Waals surface area (Å²) in [4.78, 5) is 18.0. The molecule has 1 aliphatic rings. The second-order valence-corrected chi connectivity index (χ2v) is 11.4. The van der Waals surface area contributed by atoms with Crippen molar-refractivity contribution in [1.29, 1.82) is 0 Å². The molecule has 1 aliphatic heterocycles. The lowest BCUT2D eigenvalue weighted by Crippen LogP contribution is -2.50. The summed E-state index contributed by atoms with van der Waals surface area (Å²) >= 11 is 0. The molecule has 0 aliphatic carbocycles. The van der Waals surface area contributed by atoms with Crippen molar-refractivity contribution in [1.82, 2.24) is 9.80 Å². The van der Waals surface area contributed by atoms with Crippen LogP contribution in [0.2, 0.25) is 0 Å². The largest absolute Gasteiger partial charge is 0.409 e. The van der Waals surface area contributed by atoms with Crippen LogP contribution in [-0.4, -0.2) is 72.4 Å². The van der Waals surface area contributed by atoms with Crippen LogP contribution >= 0.6 is 0 Å². The first-order chi connectivity index (χ1) is 22.3. The molecule has 4 aromatic rings. The third kappa shape index (κ3) is 7.28. The van der Waals surface area contributed by atoms with E-state index in [0.717, 1.165) is 11.1 Å². The first-order valence-corrected chi connectivity index (χ1v) is 14.9. The van der Waals surface area contributed by atoms with Crippen LogP contribution in [-0.2, 0) is 25.9 Å². The lowest BCUT2D eigenvalue weighted by molar-refractivity contribution is -0.0408. The summed E-state index contributed by atoms with van der Waals surface area (Å²) in [6, 6.07) is 31.0. The highest BCUT2D eigenvalue weighted by atomic mass is 16.4. The molecule has 0 saturated carbocycles. The first kappa shape index (κ1) is 32.0. The summed E-state index contributed by atoms with van der Waals surface area (Å²) in [5.41, 5.74) is 15.8. The van der Waals surface area contributed by atoms with Gasteiger partial charge in [0.1, 0.15) is 12.2 Å². The summed E-state index contributed by atoms with van der Waals surface area (Å²) in [5, 5.41) is 48.5. The van der Waals surface area contributed by atoms with Crippen molar-refractivity contribution in [2.75, 3.05) is 0 Å². The van der Waals surface area contributed by atoms with Gasteiger partial charge < -0.3 is 41.9 Å². The molecule has 238 valence electrons. The molecule has 5 rings (SSSR count).